The van der Waals surface area contributed by atoms with E-state index in [-0.39, 0.29) is 17.5 Å². The summed E-state index contributed by atoms with van der Waals surface area (Å²) in [6, 6.07) is 1.53. The van der Waals surface area contributed by atoms with Crippen LogP contribution in [-0.4, -0.2) is 44.8 Å². The molecule has 1 atom stereocenters. The third-order valence-electron chi connectivity index (χ3n) is 5.11. The molecule has 25 heavy (non-hydrogen) atoms. The van der Waals surface area contributed by atoms with Gasteiger partial charge in [-0.25, -0.2) is 4.98 Å². The van der Waals surface area contributed by atoms with Crippen molar-refractivity contribution in [1.82, 2.24) is 25.1 Å². The Kier molecular flexibility index (Phi) is 4.03. The summed E-state index contributed by atoms with van der Waals surface area (Å²) in [5, 5.41) is 7.62. The zero-order valence-electron chi connectivity index (χ0n) is 14.2. The minimum absolute atomic E-state index is 0.0445. The standard InChI is InChI=1S/C17H22N6O2/c1-22-9-13(16(21-22)11-3-2-4-11)17(25)20-12-5-6-23(8-12)14-7-15(24)19-10-18-14/h7,9-12H,2-6,8H2,1H3,(H,20,25)(H,18,19,24). The molecule has 0 radical (unpaired) electrons. The van der Waals surface area contributed by atoms with Crippen molar-refractivity contribution < 1.29 is 4.79 Å². The van der Waals surface area contributed by atoms with Crippen LogP contribution >= 0.6 is 0 Å². The highest BCUT2D eigenvalue weighted by atomic mass is 16.1. The summed E-state index contributed by atoms with van der Waals surface area (Å²) in [7, 11) is 1.86. The van der Waals surface area contributed by atoms with E-state index in [2.05, 4.69) is 20.4 Å². The topological polar surface area (TPSA) is 95.9 Å². The Balaban J connectivity index is 1.43. The molecule has 0 aromatic carbocycles. The highest BCUT2D eigenvalue weighted by Crippen LogP contribution is 2.37. The smallest absolute Gasteiger partial charge is 0.255 e. The predicted octanol–water partition coefficient (Wildman–Crippen LogP) is 0.780. The summed E-state index contributed by atoms with van der Waals surface area (Å²) in [4.78, 5) is 32.9. The number of hydrogen-bond acceptors (Lipinski definition) is 5. The molecular weight excluding hydrogens is 320 g/mol. The summed E-state index contributed by atoms with van der Waals surface area (Å²) in [6.45, 7) is 1.42. The number of aromatic nitrogens is 4. The van der Waals surface area contributed by atoms with Crippen molar-refractivity contribution in [2.45, 2.75) is 37.6 Å². The van der Waals surface area contributed by atoms with Gasteiger partial charge in [-0.1, -0.05) is 6.42 Å². The minimum atomic E-state index is -0.169. The lowest BCUT2D eigenvalue weighted by Crippen LogP contribution is -2.37. The van der Waals surface area contributed by atoms with Crippen molar-refractivity contribution in [1.29, 1.82) is 0 Å². The molecule has 8 nitrogen and oxygen atoms in total. The largest absolute Gasteiger partial charge is 0.354 e. The van der Waals surface area contributed by atoms with Gasteiger partial charge in [0.15, 0.2) is 0 Å². The number of amides is 1. The molecule has 2 fully saturated rings. The maximum atomic E-state index is 12.7. The van der Waals surface area contributed by atoms with Gasteiger partial charge in [0.25, 0.3) is 11.5 Å². The van der Waals surface area contributed by atoms with Crippen molar-refractivity contribution in [3.8, 4) is 0 Å². The number of nitrogens with zero attached hydrogens (tertiary/aromatic N) is 4. The summed E-state index contributed by atoms with van der Waals surface area (Å²) in [5.41, 5.74) is 1.45. The van der Waals surface area contributed by atoms with Crippen LogP contribution < -0.4 is 15.8 Å². The molecule has 132 valence electrons. The lowest BCUT2D eigenvalue weighted by atomic mass is 9.81. The van der Waals surface area contributed by atoms with Crippen molar-refractivity contribution >= 4 is 11.7 Å². The van der Waals surface area contributed by atoms with E-state index in [0.29, 0.717) is 23.8 Å². The third kappa shape index (κ3) is 3.16. The fourth-order valence-corrected chi connectivity index (χ4v) is 3.54. The third-order valence-corrected chi connectivity index (χ3v) is 5.11. The normalized spacial score (nSPS) is 20.5. The van der Waals surface area contributed by atoms with Gasteiger partial charge in [0, 0.05) is 44.4 Å². The first-order valence-corrected chi connectivity index (χ1v) is 8.74. The molecule has 0 spiro atoms. The molecule has 1 unspecified atom stereocenters. The van der Waals surface area contributed by atoms with E-state index >= 15 is 0 Å². The SMILES string of the molecule is Cn1cc(C(=O)NC2CCN(c3cc(=O)[nH]cn3)C2)c(C2CCC2)n1. The van der Waals surface area contributed by atoms with E-state index in [9.17, 15) is 9.59 Å². The van der Waals surface area contributed by atoms with Gasteiger partial charge in [-0.3, -0.25) is 14.3 Å². The van der Waals surface area contributed by atoms with Gasteiger partial charge in [-0.15, -0.1) is 0 Å². The van der Waals surface area contributed by atoms with E-state index < -0.39 is 0 Å². The molecule has 1 aliphatic heterocycles. The predicted molar refractivity (Wildman–Crippen MR) is 92.7 cm³/mol. The number of carbonyl (C=O) groups excluding carboxylic acids is 1. The Morgan fingerprint density at radius 1 is 1.36 bits per heavy atom. The number of rotatable bonds is 4. The first-order valence-electron chi connectivity index (χ1n) is 8.74. The van der Waals surface area contributed by atoms with Gasteiger partial charge < -0.3 is 15.2 Å². The molecule has 2 aromatic rings. The zero-order chi connectivity index (χ0) is 17.4. The van der Waals surface area contributed by atoms with E-state index in [0.717, 1.165) is 31.5 Å². The van der Waals surface area contributed by atoms with Crippen LogP contribution in [0.2, 0.25) is 0 Å². The molecular formula is C17H22N6O2. The van der Waals surface area contributed by atoms with Crippen molar-refractivity contribution in [2.75, 3.05) is 18.0 Å². The van der Waals surface area contributed by atoms with Crippen LogP contribution in [0.3, 0.4) is 0 Å². The fraction of sp³-hybridized carbons (Fsp3) is 0.529. The molecule has 3 heterocycles. The Morgan fingerprint density at radius 2 is 2.20 bits per heavy atom. The van der Waals surface area contributed by atoms with Gasteiger partial charge in [-0.05, 0) is 19.3 Å². The quantitative estimate of drug-likeness (QED) is 0.856. The van der Waals surface area contributed by atoms with Crippen molar-refractivity contribution in [3.05, 3.63) is 40.2 Å². The first kappa shape index (κ1) is 15.9. The number of hydrogen-bond donors (Lipinski definition) is 2. The average molecular weight is 342 g/mol. The Morgan fingerprint density at radius 3 is 2.92 bits per heavy atom. The lowest BCUT2D eigenvalue weighted by molar-refractivity contribution is 0.0938. The molecule has 8 heteroatoms. The second-order valence-corrected chi connectivity index (χ2v) is 6.90. The molecule has 1 saturated heterocycles. The van der Waals surface area contributed by atoms with Gasteiger partial charge in [0.2, 0.25) is 0 Å². The lowest BCUT2D eigenvalue weighted by Gasteiger charge is -2.24. The van der Waals surface area contributed by atoms with Crippen LogP contribution in [0.25, 0.3) is 0 Å². The van der Waals surface area contributed by atoms with E-state index in [1.807, 2.05) is 18.1 Å². The van der Waals surface area contributed by atoms with Crippen LogP contribution in [0.4, 0.5) is 5.82 Å². The number of anilines is 1. The number of nitrogens with one attached hydrogen (secondary N) is 2. The fourth-order valence-electron chi connectivity index (χ4n) is 3.54. The maximum absolute atomic E-state index is 12.7. The summed E-state index contributed by atoms with van der Waals surface area (Å²) in [5.74, 6) is 1.01. The molecule has 0 bridgehead atoms. The summed E-state index contributed by atoms with van der Waals surface area (Å²) >= 11 is 0. The van der Waals surface area contributed by atoms with Crippen LogP contribution in [0.15, 0.2) is 23.4 Å². The zero-order valence-corrected chi connectivity index (χ0v) is 14.2. The van der Waals surface area contributed by atoms with E-state index in [1.165, 1.54) is 18.8 Å². The molecule has 2 aliphatic rings. The van der Waals surface area contributed by atoms with Crippen LogP contribution in [0.5, 0.6) is 0 Å². The van der Waals surface area contributed by atoms with Crippen molar-refractivity contribution in [2.24, 2.45) is 7.05 Å². The number of H-pyrrole nitrogens is 1. The monoisotopic (exact) mass is 342 g/mol. The Labute approximate surface area is 145 Å². The van der Waals surface area contributed by atoms with Gasteiger partial charge in [-0.2, -0.15) is 5.10 Å². The van der Waals surface area contributed by atoms with Gasteiger partial charge >= 0.3 is 0 Å². The molecule has 1 amide bonds. The second-order valence-electron chi connectivity index (χ2n) is 6.90. The highest BCUT2D eigenvalue weighted by molar-refractivity contribution is 5.95. The Hall–Kier alpha value is -2.64. The number of aromatic amines is 1. The van der Waals surface area contributed by atoms with E-state index in [4.69, 9.17) is 0 Å². The molecule has 2 N–H and O–H groups in total. The summed E-state index contributed by atoms with van der Waals surface area (Å²) < 4.78 is 1.73. The molecule has 4 rings (SSSR count). The number of carbonyl (C=O) groups is 1. The van der Waals surface area contributed by atoms with Crippen LogP contribution in [0.1, 0.15) is 47.7 Å². The number of aryl methyl sites for hydroxylation is 1. The maximum Gasteiger partial charge on any atom is 0.255 e. The van der Waals surface area contributed by atoms with Crippen LogP contribution in [-0.2, 0) is 7.05 Å². The highest BCUT2D eigenvalue weighted by Gasteiger charge is 2.30. The minimum Gasteiger partial charge on any atom is -0.354 e. The molecule has 1 saturated carbocycles. The van der Waals surface area contributed by atoms with Gasteiger partial charge in [0.05, 0.1) is 17.6 Å². The second kappa shape index (κ2) is 6.34. The van der Waals surface area contributed by atoms with E-state index in [1.54, 1.807) is 4.68 Å². The van der Waals surface area contributed by atoms with Crippen LogP contribution in [0, 0.1) is 0 Å². The molecule has 2 aromatic heterocycles. The molecule has 1 aliphatic carbocycles. The summed E-state index contributed by atoms with van der Waals surface area (Å²) in [6.07, 6.45) is 7.49. The van der Waals surface area contributed by atoms with Crippen molar-refractivity contribution in [3.63, 3.8) is 0 Å². The average Bonchev–Trinajstić information content (AvgIpc) is 3.13. The van der Waals surface area contributed by atoms with Gasteiger partial charge in [0.1, 0.15) is 5.82 Å². The Bertz CT molecular complexity index is 838. The first-order chi connectivity index (χ1) is 12.1.